The molecule has 0 spiro atoms. The number of piperidine rings is 1. The van der Waals surface area contributed by atoms with Crippen molar-refractivity contribution in [3.63, 3.8) is 0 Å². The number of carbonyl (C=O) groups is 2. The van der Waals surface area contributed by atoms with E-state index in [9.17, 15) is 9.59 Å². The van der Waals surface area contributed by atoms with Crippen molar-refractivity contribution < 1.29 is 14.7 Å². The Morgan fingerprint density at radius 1 is 1.42 bits per heavy atom. The largest absolute Gasteiger partial charge is 0.481 e. The molecule has 2 fully saturated rings. The van der Waals surface area contributed by atoms with Gasteiger partial charge in [-0.2, -0.15) is 0 Å². The lowest BCUT2D eigenvalue weighted by molar-refractivity contribution is -0.140. The zero-order valence-electron chi connectivity index (χ0n) is 11.6. The first-order valence-corrected chi connectivity index (χ1v) is 7.32. The number of carbonyl (C=O) groups excluding carboxylic acids is 1. The highest BCUT2D eigenvalue weighted by atomic mass is 16.4. The minimum Gasteiger partial charge on any atom is -0.481 e. The fourth-order valence-corrected chi connectivity index (χ4v) is 3.15. The van der Waals surface area contributed by atoms with Gasteiger partial charge in [0.1, 0.15) is 0 Å². The average molecular weight is 268 g/mol. The van der Waals surface area contributed by atoms with E-state index in [0.29, 0.717) is 5.92 Å². The number of hydrogen-bond donors (Lipinski definition) is 3. The summed E-state index contributed by atoms with van der Waals surface area (Å²) >= 11 is 0. The molecule has 2 unspecified atom stereocenters. The lowest BCUT2D eigenvalue weighted by atomic mass is 9.74. The molecule has 108 valence electrons. The number of amides is 1. The van der Waals surface area contributed by atoms with Crippen LogP contribution >= 0.6 is 0 Å². The van der Waals surface area contributed by atoms with Gasteiger partial charge in [0, 0.05) is 0 Å². The van der Waals surface area contributed by atoms with Gasteiger partial charge in [-0.05, 0) is 44.6 Å². The molecular formula is C14H24N2O3. The first-order chi connectivity index (χ1) is 9.04. The number of aliphatic carboxylic acids is 1. The fraction of sp³-hybridized carbons (Fsp3) is 0.857. The second-order valence-electron chi connectivity index (χ2n) is 6.00. The molecule has 0 bridgehead atoms. The monoisotopic (exact) mass is 268 g/mol. The molecule has 2 atom stereocenters. The number of carboxylic acids is 1. The molecule has 1 aliphatic heterocycles. The zero-order chi connectivity index (χ0) is 13.9. The van der Waals surface area contributed by atoms with Crippen LogP contribution in [-0.2, 0) is 9.59 Å². The molecule has 0 radical (unpaired) electrons. The molecule has 1 saturated heterocycles. The van der Waals surface area contributed by atoms with E-state index in [1.807, 2.05) is 0 Å². The molecule has 1 saturated carbocycles. The highest BCUT2D eigenvalue weighted by Gasteiger charge is 2.41. The molecule has 0 aromatic rings. The van der Waals surface area contributed by atoms with Gasteiger partial charge in [-0.25, -0.2) is 0 Å². The Morgan fingerprint density at radius 3 is 2.68 bits per heavy atom. The SMILES string of the molecule is CCC1CCNC(C(=O)NC2(CC(=O)O)CCC2)C1. The van der Waals surface area contributed by atoms with Crippen LogP contribution in [0.1, 0.15) is 51.9 Å². The number of carboxylic acid groups (broad SMARTS) is 1. The number of nitrogens with one attached hydrogen (secondary N) is 2. The molecular weight excluding hydrogens is 244 g/mol. The molecule has 5 nitrogen and oxygen atoms in total. The summed E-state index contributed by atoms with van der Waals surface area (Å²) in [4.78, 5) is 23.2. The summed E-state index contributed by atoms with van der Waals surface area (Å²) in [6.45, 7) is 3.03. The maximum absolute atomic E-state index is 12.3. The van der Waals surface area contributed by atoms with Crippen molar-refractivity contribution in [2.75, 3.05) is 6.54 Å². The Bertz CT molecular complexity index is 353. The second kappa shape index (κ2) is 5.90. The maximum atomic E-state index is 12.3. The highest BCUT2D eigenvalue weighted by molar-refractivity contribution is 5.83. The van der Waals surface area contributed by atoms with Crippen LogP contribution in [0, 0.1) is 5.92 Å². The van der Waals surface area contributed by atoms with Gasteiger partial charge < -0.3 is 15.7 Å². The first kappa shape index (κ1) is 14.3. The van der Waals surface area contributed by atoms with Crippen molar-refractivity contribution in [3.8, 4) is 0 Å². The van der Waals surface area contributed by atoms with Gasteiger partial charge in [0.25, 0.3) is 0 Å². The van der Waals surface area contributed by atoms with Crippen molar-refractivity contribution >= 4 is 11.9 Å². The van der Waals surface area contributed by atoms with E-state index < -0.39 is 11.5 Å². The van der Waals surface area contributed by atoms with Crippen LogP contribution in [0.25, 0.3) is 0 Å². The molecule has 2 rings (SSSR count). The van der Waals surface area contributed by atoms with Crippen molar-refractivity contribution in [1.82, 2.24) is 10.6 Å². The standard InChI is InChI=1S/C14H24N2O3/c1-2-10-4-7-15-11(8-10)13(19)16-14(5-3-6-14)9-12(17)18/h10-11,15H,2-9H2,1H3,(H,16,19)(H,17,18). The van der Waals surface area contributed by atoms with E-state index in [1.54, 1.807) is 0 Å². The molecule has 5 heteroatoms. The Labute approximate surface area is 114 Å². The Morgan fingerprint density at radius 2 is 2.16 bits per heavy atom. The van der Waals surface area contributed by atoms with E-state index >= 15 is 0 Å². The Hall–Kier alpha value is -1.10. The third kappa shape index (κ3) is 3.47. The molecule has 0 aromatic heterocycles. The van der Waals surface area contributed by atoms with Crippen LogP contribution in [0.15, 0.2) is 0 Å². The minimum atomic E-state index is -0.831. The normalized spacial score (nSPS) is 29.3. The molecule has 1 aliphatic carbocycles. The second-order valence-corrected chi connectivity index (χ2v) is 6.00. The predicted molar refractivity (Wildman–Crippen MR) is 71.8 cm³/mol. The third-order valence-electron chi connectivity index (χ3n) is 4.59. The van der Waals surface area contributed by atoms with E-state index in [1.165, 1.54) is 0 Å². The topological polar surface area (TPSA) is 78.4 Å². The predicted octanol–water partition coefficient (Wildman–Crippen LogP) is 1.28. The quantitative estimate of drug-likeness (QED) is 0.702. The fourth-order valence-electron chi connectivity index (χ4n) is 3.15. The van der Waals surface area contributed by atoms with Gasteiger partial charge in [-0.3, -0.25) is 9.59 Å². The number of rotatable bonds is 5. The Balaban J connectivity index is 1.90. The lowest BCUT2D eigenvalue weighted by Crippen LogP contribution is -2.60. The summed E-state index contributed by atoms with van der Waals surface area (Å²) in [5.74, 6) is -0.240. The van der Waals surface area contributed by atoms with Crippen LogP contribution in [0.4, 0.5) is 0 Å². The summed E-state index contributed by atoms with van der Waals surface area (Å²) < 4.78 is 0. The summed E-state index contributed by atoms with van der Waals surface area (Å²) in [7, 11) is 0. The molecule has 1 heterocycles. The van der Waals surface area contributed by atoms with Crippen LogP contribution in [0.5, 0.6) is 0 Å². The first-order valence-electron chi connectivity index (χ1n) is 7.32. The van der Waals surface area contributed by atoms with Gasteiger partial charge in [-0.15, -0.1) is 0 Å². The van der Waals surface area contributed by atoms with Crippen molar-refractivity contribution in [2.24, 2.45) is 5.92 Å². The summed E-state index contributed by atoms with van der Waals surface area (Å²) in [6.07, 6.45) is 5.72. The average Bonchev–Trinajstić information content (AvgIpc) is 2.35. The van der Waals surface area contributed by atoms with Gasteiger partial charge >= 0.3 is 5.97 Å². The van der Waals surface area contributed by atoms with E-state index in [4.69, 9.17) is 5.11 Å². The van der Waals surface area contributed by atoms with Crippen molar-refractivity contribution in [2.45, 2.75) is 63.5 Å². The lowest BCUT2D eigenvalue weighted by Gasteiger charge is -2.43. The van der Waals surface area contributed by atoms with Gasteiger partial charge in [0.05, 0.1) is 18.0 Å². The third-order valence-corrected chi connectivity index (χ3v) is 4.59. The van der Waals surface area contributed by atoms with Gasteiger partial charge in [0.2, 0.25) is 5.91 Å². The van der Waals surface area contributed by atoms with Gasteiger partial charge in [-0.1, -0.05) is 13.3 Å². The van der Waals surface area contributed by atoms with E-state index in [2.05, 4.69) is 17.6 Å². The molecule has 19 heavy (non-hydrogen) atoms. The molecule has 0 aromatic carbocycles. The van der Waals surface area contributed by atoms with Crippen molar-refractivity contribution in [3.05, 3.63) is 0 Å². The number of hydrogen-bond acceptors (Lipinski definition) is 3. The van der Waals surface area contributed by atoms with Gasteiger partial charge in [0.15, 0.2) is 0 Å². The maximum Gasteiger partial charge on any atom is 0.305 e. The van der Waals surface area contributed by atoms with Crippen LogP contribution in [0.2, 0.25) is 0 Å². The van der Waals surface area contributed by atoms with Crippen LogP contribution in [0.3, 0.4) is 0 Å². The molecule has 3 N–H and O–H groups in total. The Kier molecular flexibility index (Phi) is 4.45. The van der Waals surface area contributed by atoms with Crippen LogP contribution < -0.4 is 10.6 Å². The minimum absolute atomic E-state index is 0.0147. The summed E-state index contributed by atoms with van der Waals surface area (Å²) in [5.41, 5.74) is -0.482. The van der Waals surface area contributed by atoms with E-state index in [-0.39, 0.29) is 18.4 Å². The highest BCUT2D eigenvalue weighted by Crippen LogP contribution is 2.35. The smallest absolute Gasteiger partial charge is 0.305 e. The van der Waals surface area contributed by atoms with E-state index in [0.717, 1.165) is 45.1 Å². The molecule has 1 amide bonds. The zero-order valence-corrected chi connectivity index (χ0v) is 11.6. The summed E-state index contributed by atoms with van der Waals surface area (Å²) in [5, 5.41) is 15.2. The molecule has 2 aliphatic rings. The van der Waals surface area contributed by atoms with Crippen LogP contribution in [-0.4, -0.2) is 35.1 Å². The van der Waals surface area contributed by atoms with Crippen molar-refractivity contribution in [1.29, 1.82) is 0 Å². The summed E-state index contributed by atoms with van der Waals surface area (Å²) in [6, 6.07) is -0.148.